The maximum Gasteiger partial charge on any atom is 0.236 e. The summed E-state index contributed by atoms with van der Waals surface area (Å²) < 4.78 is 26.7. The van der Waals surface area contributed by atoms with Crippen molar-refractivity contribution >= 4 is 32.9 Å². The summed E-state index contributed by atoms with van der Waals surface area (Å²) in [6.07, 6.45) is 0. The van der Waals surface area contributed by atoms with Gasteiger partial charge in [-0.15, -0.1) is 0 Å². The molecule has 0 aliphatic carbocycles. The third-order valence-corrected chi connectivity index (χ3v) is 4.11. The van der Waals surface area contributed by atoms with Gasteiger partial charge in [0.05, 0.1) is 5.75 Å². The molecule has 20 heavy (non-hydrogen) atoms. The van der Waals surface area contributed by atoms with Crippen LogP contribution in [0.5, 0.6) is 0 Å². The molecule has 6 heteroatoms. The molecule has 4 nitrogen and oxygen atoms in total. The minimum absolute atomic E-state index is 0.127. The normalized spacial score (nSPS) is 11.0. The molecule has 2 aromatic rings. The highest BCUT2D eigenvalue weighted by atomic mass is 32.2. The first-order valence-electron chi connectivity index (χ1n) is 5.90. The van der Waals surface area contributed by atoms with Gasteiger partial charge in [0.1, 0.15) is 4.99 Å². The molecule has 0 radical (unpaired) electrons. The van der Waals surface area contributed by atoms with E-state index in [0.717, 1.165) is 0 Å². The van der Waals surface area contributed by atoms with E-state index < -0.39 is 10.0 Å². The highest BCUT2D eigenvalue weighted by Gasteiger charge is 2.12. The van der Waals surface area contributed by atoms with Crippen LogP contribution in [0.4, 0.5) is 5.69 Å². The summed E-state index contributed by atoms with van der Waals surface area (Å²) in [4.78, 5) is 0.250. The molecule has 2 rings (SSSR count). The molecular weight excluding hydrogens is 292 g/mol. The van der Waals surface area contributed by atoms with Gasteiger partial charge in [-0.05, 0) is 23.8 Å². The summed E-state index contributed by atoms with van der Waals surface area (Å²) in [7, 11) is -3.46. The van der Waals surface area contributed by atoms with Crippen LogP contribution in [-0.2, 0) is 15.8 Å². The number of hydrogen-bond acceptors (Lipinski definition) is 3. The smallest absolute Gasteiger partial charge is 0.236 e. The first-order chi connectivity index (χ1) is 9.46. The number of nitrogens with one attached hydrogen (secondary N) is 1. The van der Waals surface area contributed by atoms with Gasteiger partial charge in [0, 0.05) is 11.3 Å². The van der Waals surface area contributed by atoms with E-state index >= 15 is 0 Å². The monoisotopic (exact) mass is 306 g/mol. The highest BCUT2D eigenvalue weighted by Crippen LogP contribution is 2.13. The predicted octanol–water partition coefficient (Wildman–Crippen LogP) is 2.26. The second-order valence-corrected chi connectivity index (χ2v) is 6.45. The van der Waals surface area contributed by atoms with Gasteiger partial charge in [-0.1, -0.05) is 48.6 Å². The number of anilines is 1. The number of para-hydroxylation sites is 1. The molecule has 0 atom stereocenters. The van der Waals surface area contributed by atoms with Crippen LogP contribution in [0, 0.1) is 0 Å². The van der Waals surface area contributed by atoms with Crippen molar-refractivity contribution in [3.05, 3.63) is 65.7 Å². The van der Waals surface area contributed by atoms with Crippen LogP contribution in [0.25, 0.3) is 0 Å². The maximum atomic E-state index is 12.1. The van der Waals surface area contributed by atoms with Crippen molar-refractivity contribution in [3.63, 3.8) is 0 Å². The maximum absolute atomic E-state index is 12.1. The summed E-state index contributed by atoms with van der Waals surface area (Å²) in [6, 6.07) is 15.7. The SMILES string of the molecule is NC(=S)c1cccc(CS(=O)(=O)Nc2ccccc2)c1. The van der Waals surface area contributed by atoms with Crippen LogP contribution in [0.2, 0.25) is 0 Å². The zero-order valence-electron chi connectivity index (χ0n) is 10.6. The van der Waals surface area contributed by atoms with Gasteiger partial charge in [-0.25, -0.2) is 8.42 Å². The molecule has 0 aromatic heterocycles. The lowest BCUT2D eigenvalue weighted by Gasteiger charge is -2.08. The zero-order valence-corrected chi connectivity index (χ0v) is 12.2. The molecule has 3 N–H and O–H groups in total. The van der Waals surface area contributed by atoms with Crippen molar-refractivity contribution in [2.75, 3.05) is 4.72 Å². The van der Waals surface area contributed by atoms with Gasteiger partial charge >= 0.3 is 0 Å². The molecular formula is C14H14N2O2S2. The van der Waals surface area contributed by atoms with Gasteiger partial charge < -0.3 is 5.73 Å². The molecule has 0 fully saturated rings. The minimum atomic E-state index is -3.46. The molecule has 0 heterocycles. The Hall–Kier alpha value is -1.92. The van der Waals surface area contributed by atoms with Crippen molar-refractivity contribution < 1.29 is 8.42 Å². The van der Waals surface area contributed by atoms with Crippen molar-refractivity contribution in [2.24, 2.45) is 5.73 Å². The molecule has 0 saturated heterocycles. The van der Waals surface area contributed by atoms with E-state index in [9.17, 15) is 8.42 Å². The Bertz CT molecular complexity index is 713. The summed E-state index contributed by atoms with van der Waals surface area (Å²) in [5.74, 6) is -0.127. The zero-order chi connectivity index (χ0) is 14.6. The second-order valence-electron chi connectivity index (χ2n) is 4.29. The van der Waals surface area contributed by atoms with Crippen molar-refractivity contribution in [1.82, 2.24) is 0 Å². The third-order valence-electron chi connectivity index (χ3n) is 2.62. The van der Waals surface area contributed by atoms with Crippen molar-refractivity contribution in [2.45, 2.75) is 5.75 Å². The summed E-state index contributed by atoms with van der Waals surface area (Å²) in [5, 5.41) is 0. The van der Waals surface area contributed by atoms with E-state index in [-0.39, 0.29) is 10.7 Å². The molecule has 0 aliphatic heterocycles. The van der Waals surface area contributed by atoms with E-state index in [1.165, 1.54) is 0 Å². The number of sulfonamides is 1. The van der Waals surface area contributed by atoms with E-state index in [1.807, 2.05) is 6.07 Å². The van der Waals surface area contributed by atoms with E-state index in [2.05, 4.69) is 4.72 Å². The molecule has 0 amide bonds. The van der Waals surface area contributed by atoms with Crippen molar-refractivity contribution in [1.29, 1.82) is 0 Å². The lowest BCUT2D eigenvalue weighted by molar-refractivity contribution is 0.600. The number of rotatable bonds is 5. The van der Waals surface area contributed by atoms with Crippen LogP contribution in [0.1, 0.15) is 11.1 Å². The topological polar surface area (TPSA) is 72.2 Å². The summed E-state index contributed by atoms with van der Waals surface area (Å²) in [5.41, 5.74) is 7.37. The van der Waals surface area contributed by atoms with Gasteiger partial charge in [-0.2, -0.15) is 0 Å². The number of benzene rings is 2. The van der Waals surface area contributed by atoms with Crippen LogP contribution in [0.15, 0.2) is 54.6 Å². The average molecular weight is 306 g/mol. The standard InChI is InChI=1S/C14H14N2O2S2/c15-14(19)12-6-4-5-11(9-12)10-20(17,18)16-13-7-2-1-3-8-13/h1-9,16H,10H2,(H2,15,19). The fourth-order valence-electron chi connectivity index (χ4n) is 1.76. The van der Waals surface area contributed by atoms with Gasteiger partial charge in [0.25, 0.3) is 0 Å². The van der Waals surface area contributed by atoms with Gasteiger partial charge in [-0.3, -0.25) is 4.72 Å². The first-order valence-corrected chi connectivity index (χ1v) is 7.97. The Morgan fingerprint density at radius 1 is 1.10 bits per heavy atom. The Labute approximate surface area is 123 Å². The Morgan fingerprint density at radius 2 is 1.80 bits per heavy atom. The van der Waals surface area contributed by atoms with Crippen LogP contribution in [-0.4, -0.2) is 13.4 Å². The van der Waals surface area contributed by atoms with E-state index in [1.54, 1.807) is 48.5 Å². The molecule has 104 valence electrons. The largest absolute Gasteiger partial charge is 0.389 e. The van der Waals surface area contributed by atoms with Crippen LogP contribution in [0.3, 0.4) is 0 Å². The van der Waals surface area contributed by atoms with Crippen LogP contribution >= 0.6 is 12.2 Å². The third kappa shape index (κ3) is 4.04. The quantitative estimate of drug-likeness (QED) is 0.831. The van der Waals surface area contributed by atoms with Crippen LogP contribution < -0.4 is 10.5 Å². The minimum Gasteiger partial charge on any atom is -0.389 e. The lowest BCUT2D eigenvalue weighted by Crippen LogP contribution is -2.16. The first kappa shape index (κ1) is 14.5. The second kappa shape index (κ2) is 6.02. The fourth-order valence-corrected chi connectivity index (χ4v) is 3.07. The number of hydrogen-bond donors (Lipinski definition) is 2. The Balaban J connectivity index is 2.16. The lowest BCUT2D eigenvalue weighted by atomic mass is 10.1. The molecule has 2 aromatic carbocycles. The molecule has 0 unspecified atom stereocenters. The van der Waals surface area contributed by atoms with Crippen molar-refractivity contribution in [3.8, 4) is 0 Å². The number of nitrogens with two attached hydrogens (primary N) is 1. The predicted molar refractivity (Wildman–Crippen MR) is 85.0 cm³/mol. The van der Waals surface area contributed by atoms with Gasteiger partial charge in [0.2, 0.25) is 10.0 Å². The Morgan fingerprint density at radius 3 is 2.45 bits per heavy atom. The average Bonchev–Trinajstić information content (AvgIpc) is 2.39. The van der Waals surface area contributed by atoms with E-state index in [0.29, 0.717) is 16.8 Å². The Kier molecular flexibility index (Phi) is 4.36. The molecule has 0 aliphatic rings. The fraction of sp³-hybridized carbons (Fsp3) is 0.0714. The molecule has 0 bridgehead atoms. The highest BCUT2D eigenvalue weighted by molar-refractivity contribution is 7.91. The van der Waals surface area contributed by atoms with E-state index in [4.69, 9.17) is 18.0 Å². The molecule has 0 spiro atoms. The summed E-state index contributed by atoms with van der Waals surface area (Å²) >= 11 is 4.88. The summed E-state index contributed by atoms with van der Waals surface area (Å²) in [6.45, 7) is 0. The molecule has 0 saturated carbocycles. The number of thiocarbonyl (C=S) groups is 1. The van der Waals surface area contributed by atoms with Gasteiger partial charge in [0.15, 0.2) is 0 Å².